The number of pyridine rings is 1. The van der Waals surface area contributed by atoms with Gasteiger partial charge in [-0.1, -0.05) is 0 Å². The number of methoxy groups -OCH3 is 2. The van der Waals surface area contributed by atoms with E-state index in [0.717, 1.165) is 0 Å². The number of carbonyl (C=O) groups excluding carboxylic acids is 1. The summed E-state index contributed by atoms with van der Waals surface area (Å²) in [4.78, 5) is 24.2. The minimum Gasteiger partial charge on any atom is -0.497 e. The third-order valence-corrected chi connectivity index (χ3v) is 3.78. The van der Waals surface area contributed by atoms with E-state index in [1.807, 2.05) is 0 Å². The first kappa shape index (κ1) is 18.7. The molecule has 28 heavy (non-hydrogen) atoms. The van der Waals surface area contributed by atoms with Gasteiger partial charge in [0.15, 0.2) is 11.6 Å². The van der Waals surface area contributed by atoms with Crippen LogP contribution in [0.3, 0.4) is 0 Å². The van der Waals surface area contributed by atoms with Crippen molar-refractivity contribution in [2.75, 3.05) is 30.7 Å². The van der Waals surface area contributed by atoms with Crippen LogP contribution in [0.4, 0.5) is 23.0 Å². The van der Waals surface area contributed by atoms with E-state index >= 15 is 0 Å². The van der Waals surface area contributed by atoms with Gasteiger partial charge in [0.2, 0.25) is 0 Å². The Hall–Kier alpha value is -4.08. The van der Waals surface area contributed by atoms with Crippen molar-refractivity contribution in [2.45, 2.75) is 0 Å². The number of carbonyl (C=O) groups is 1. The molecule has 2 aromatic heterocycles. The average Bonchev–Trinajstić information content (AvgIpc) is 2.75. The summed E-state index contributed by atoms with van der Waals surface area (Å²) in [6, 6.07) is 8.45. The Morgan fingerprint density at radius 2 is 1.79 bits per heavy atom. The number of aromatic nitrogens is 3. The Balaban J connectivity index is 1.75. The van der Waals surface area contributed by atoms with Crippen LogP contribution < -0.4 is 31.4 Å². The summed E-state index contributed by atoms with van der Waals surface area (Å²) in [6.07, 6.45) is 4.37. The molecule has 0 aliphatic heterocycles. The number of anilines is 4. The monoisotopic (exact) mass is 381 g/mol. The molecule has 2 heterocycles. The van der Waals surface area contributed by atoms with Crippen LogP contribution >= 0.6 is 0 Å². The van der Waals surface area contributed by atoms with Gasteiger partial charge in [0, 0.05) is 24.0 Å². The van der Waals surface area contributed by atoms with Crippen molar-refractivity contribution < 1.29 is 14.3 Å². The highest BCUT2D eigenvalue weighted by Gasteiger charge is 2.12. The van der Waals surface area contributed by atoms with Crippen molar-refractivity contribution in [2.24, 2.45) is 0 Å². The van der Waals surface area contributed by atoms with E-state index in [1.165, 1.54) is 18.7 Å². The number of nitrogen functional groups attached to an aromatic ring is 1. The molecular formula is C18H19N7O3. The highest BCUT2D eigenvalue weighted by Crippen LogP contribution is 2.33. The molecule has 1 aromatic carbocycles. The largest absolute Gasteiger partial charge is 0.497 e. The van der Waals surface area contributed by atoms with Crippen molar-refractivity contribution in [3.05, 3.63) is 54.6 Å². The van der Waals surface area contributed by atoms with Crippen molar-refractivity contribution in [3.8, 4) is 11.5 Å². The number of ether oxygens (including phenoxy) is 2. The number of rotatable bonds is 7. The summed E-state index contributed by atoms with van der Waals surface area (Å²) < 4.78 is 10.5. The van der Waals surface area contributed by atoms with E-state index in [4.69, 9.17) is 15.2 Å². The van der Waals surface area contributed by atoms with Gasteiger partial charge in [0.1, 0.15) is 23.5 Å². The molecule has 0 fully saturated rings. The number of hydrogen-bond donors (Lipinski definition) is 4. The van der Waals surface area contributed by atoms with Gasteiger partial charge in [-0.2, -0.15) is 0 Å². The normalized spacial score (nSPS) is 10.1. The lowest BCUT2D eigenvalue weighted by Gasteiger charge is -2.15. The maximum Gasteiger partial charge on any atom is 0.269 e. The smallest absolute Gasteiger partial charge is 0.269 e. The zero-order valence-corrected chi connectivity index (χ0v) is 15.3. The van der Waals surface area contributed by atoms with Gasteiger partial charge in [-0.3, -0.25) is 20.6 Å². The molecule has 10 nitrogen and oxygen atoms in total. The van der Waals surface area contributed by atoms with Gasteiger partial charge in [0.25, 0.3) is 5.91 Å². The van der Waals surface area contributed by atoms with Crippen LogP contribution in [0.15, 0.2) is 49.1 Å². The summed E-state index contributed by atoms with van der Waals surface area (Å²) in [5, 5.41) is 3.09. The Morgan fingerprint density at radius 1 is 1.04 bits per heavy atom. The molecule has 0 aliphatic carbocycles. The quantitative estimate of drug-likeness (QED) is 0.453. The number of amides is 1. The lowest BCUT2D eigenvalue weighted by Crippen LogP contribution is -2.30. The van der Waals surface area contributed by atoms with Gasteiger partial charge < -0.3 is 20.5 Å². The molecule has 0 saturated carbocycles. The number of nitrogens with two attached hydrogens (primary N) is 1. The molecule has 0 saturated heterocycles. The first-order valence-corrected chi connectivity index (χ1v) is 8.18. The second kappa shape index (κ2) is 8.54. The second-order valence-electron chi connectivity index (χ2n) is 5.49. The fourth-order valence-electron chi connectivity index (χ4n) is 2.32. The van der Waals surface area contributed by atoms with E-state index in [0.29, 0.717) is 28.6 Å². The third kappa shape index (κ3) is 4.18. The number of nitrogens with zero attached hydrogens (tertiary/aromatic N) is 3. The molecule has 3 aromatic rings. The van der Waals surface area contributed by atoms with E-state index in [1.54, 1.807) is 44.6 Å². The van der Waals surface area contributed by atoms with Crippen molar-refractivity contribution >= 4 is 28.9 Å². The van der Waals surface area contributed by atoms with Crippen LogP contribution in [0.5, 0.6) is 11.5 Å². The molecule has 144 valence electrons. The summed E-state index contributed by atoms with van der Waals surface area (Å²) in [7, 11) is 3.12. The summed E-state index contributed by atoms with van der Waals surface area (Å²) >= 11 is 0. The first-order chi connectivity index (χ1) is 13.6. The number of hydrazine groups is 1. The zero-order valence-electron chi connectivity index (χ0n) is 15.3. The van der Waals surface area contributed by atoms with Crippen LogP contribution in [-0.2, 0) is 0 Å². The summed E-state index contributed by atoms with van der Waals surface area (Å²) in [5.74, 6) is 1.44. The number of nitrogens with one attached hydrogen (secondary N) is 3. The van der Waals surface area contributed by atoms with Crippen LogP contribution in [0, 0.1) is 0 Å². The highest BCUT2D eigenvalue weighted by atomic mass is 16.5. The molecule has 0 atom stereocenters. The highest BCUT2D eigenvalue weighted by molar-refractivity contribution is 5.95. The second-order valence-corrected chi connectivity index (χ2v) is 5.49. The van der Waals surface area contributed by atoms with Crippen molar-refractivity contribution in [1.82, 2.24) is 20.4 Å². The van der Waals surface area contributed by atoms with E-state index in [2.05, 4.69) is 31.1 Å². The molecule has 5 N–H and O–H groups in total. The van der Waals surface area contributed by atoms with E-state index in [-0.39, 0.29) is 17.4 Å². The number of hydrogen-bond acceptors (Lipinski definition) is 9. The fraction of sp³-hybridized carbons (Fsp3) is 0.111. The molecule has 3 rings (SSSR count). The van der Waals surface area contributed by atoms with Crippen molar-refractivity contribution in [3.63, 3.8) is 0 Å². The zero-order chi connectivity index (χ0) is 19.9. The van der Waals surface area contributed by atoms with E-state index in [9.17, 15) is 4.79 Å². The first-order valence-electron chi connectivity index (χ1n) is 8.18. The molecular weight excluding hydrogens is 362 g/mol. The Bertz CT molecular complexity index is 967. The van der Waals surface area contributed by atoms with E-state index < -0.39 is 0 Å². The summed E-state index contributed by atoms with van der Waals surface area (Å²) in [5.41, 5.74) is 12.7. The lowest BCUT2D eigenvalue weighted by atomic mass is 10.2. The topological polar surface area (TPSA) is 136 Å². The van der Waals surface area contributed by atoms with Crippen molar-refractivity contribution in [1.29, 1.82) is 0 Å². The van der Waals surface area contributed by atoms with Crippen LogP contribution in [0.2, 0.25) is 0 Å². The maximum atomic E-state index is 12.1. The average molecular weight is 381 g/mol. The van der Waals surface area contributed by atoms with Gasteiger partial charge >= 0.3 is 0 Å². The van der Waals surface area contributed by atoms with Crippen LogP contribution in [0.1, 0.15) is 10.4 Å². The summed E-state index contributed by atoms with van der Waals surface area (Å²) in [6.45, 7) is 0. The van der Waals surface area contributed by atoms with Crippen LogP contribution in [0.25, 0.3) is 0 Å². The molecule has 0 spiro atoms. The standard InChI is InChI=1S/C18H19N7O3/c1-27-12-3-4-13(14(9-12)28-2)23-16-15(19)17(22-10-21-16)24-25-18(26)11-5-7-20-8-6-11/h3-10H,19H2,1-2H3,(H,25,26)(H2,21,22,23,24). The van der Waals surface area contributed by atoms with Gasteiger partial charge in [-0.25, -0.2) is 9.97 Å². The molecule has 0 bridgehead atoms. The Kier molecular flexibility index (Phi) is 5.70. The molecule has 0 aliphatic rings. The maximum absolute atomic E-state index is 12.1. The van der Waals surface area contributed by atoms with Gasteiger partial charge in [0.05, 0.1) is 19.9 Å². The Labute approximate surface area is 161 Å². The van der Waals surface area contributed by atoms with Gasteiger partial charge in [-0.15, -0.1) is 0 Å². The van der Waals surface area contributed by atoms with Crippen LogP contribution in [-0.4, -0.2) is 35.1 Å². The SMILES string of the molecule is COc1ccc(Nc2ncnc(NNC(=O)c3ccncc3)c2N)c(OC)c1. The molecule has 10 heteroatoms. The Morgan fingerprint density at radius 3 is 2.50 bits per heavy atom. The predicted molar refractivity (Wildman–Crippen MR) is 105 cm³/mol. The minimum absolute atomic E-state index is 0.218. The third-order valence-electron chi connectivity index (χ3n) is 3.78. The minimum atomic E-state index is -0.355. The fourth-order valence-corrected chi connectivity index (χ4v) is 2.32. The predicted octanol–water partition coefficient (Wildman–Crippen LogP) is 1.97. The lowest BCUT2D eigenvalue weighted by molar-refractivity contribution is 0.0962. The molecule has 0 radical (unpaired) electrons. The van der Waals surface area contributed by atoms with Gasteiger partial charge in [-0.05, 0) is 24.3 Å². The molecule has 1 amide bonds. The number of benzene rings is 1. The molecule has 0 unspecified atom stereocenters.